The van der Waals surface area contributed by atoms with Gasteiger partial charge in [0.25, 0.3) is 0 Å². The van der Waals surface area contributed by atoms with E-state index in [2.05, 4.69) is 19.9 Å². The van der Waals surface area contributed by atoms with Crippen LogP contribution in [0, 0.1) is 11.7 Å². The van der Waals surface area contributed by atoms with Crippen molar-refractivity contribution in [1.29, 1.82) is 0 Å². The van der Waals surface area contributed by atoms with E-state index in [1.54, 1.807) is 34.9 Å². The van der Waals surface area contributed by atoms with Crippen molar-refractivity contribution < 1.29 is 31.9 Å². The first-order chi connectivity index (χ1) is 21.5. The highest BCUT2D eigenvalue weighted by atomic mass is 35.5. The van der Waals surface area contributed by atoms with Crippen molar-refractivity contribution in [2.75, 3.05) is 19.0 Å². The zero-order valence-corrected chi connectivity index (χ0v) is 25.1. The van der Waals surface area contributed by atoms with E-state index in [4.69, 9.17) is 23.2 Å². The standard InChI is InChI=1S/C32H24Cl2F4N4O3.CH4/c1-45-29(43)17-8-10-21-27(25(17)32(36,37)38)40-28-23-22(13-41(21)28)42(12-14-5-6-14)31(24(23)16-3-2-4-19(34)26(16)35)18-9-7-15(33)11-20(18)39-30(31)44;/h2-4,7-11,14,22-24H,5-6,12-13H2,1H3,(H,39,44);1H4/t22-,23+,24-,31+;/m0./s1. The summed E-state index contributed by atoms with van der Waals surface area (Å²) in [6, 6.07) is 11.8. The molecule has 1 amide bonds. The number of amides is 1. The van der Waals surface area contributed by atoms with Crippen molar-refractivity contribution in [2.45, 2.75) is 56.4 Å². The Balaban J connectivity index is 0.00000338. The van der Waals surface area contributed by atoms with Crippen molar-refractivity contribution >= 4 is 51.8 Å². The number of carbonyl (C=O) groups is 2. The number of nitrogens with zero attached hydrogens (tertiary/aromatic N) is 3. The molecule has 0 unspecified atom stereocenters. The first kappa shape index (κ1) is 31.0. The van der Waals surface area contributed by atoms with Crippen LogP contribution in [0.4, 0.5) is 23.2 Å². The molecule has 46 heavy (non-hydrogen) atoms. The van der Waals surface area contributed by atoms with Crippen molar-refractivity contribution in [3.8, 4) is 0 Å². The molecule has 4 aliphatic rings. The Bertz CT molecular complexity index is 1960. The van der Waals surface area contributed by atoms with Crippen LogP contribution in [0.3, 0.4) is 0 Å². The second-order valence-electron chi connectivity index (χ2n) is 12.1. The molecule has 240 valence electrons. The van der Waals surface area contributed by atoms with Gasteiger partial charge in [0.15, 0.2) is 0 Å². The molecule has 3 aliphatic heterocycles. The predicted molar refractivity (Wildman–Crippen MR) is 165 cm³/mol. The van der Waals surface area contributed by atoms with Crippen LogP contribution >= 0.6 is 23.2 Å². The third-order valence-corrected chi connectivity index (χ3v) is 10.4. The van der Waals surface area contributed by atoms with Gasteiger partial charge >= 0.3 is 12.1 Å². The number of ether oxygens (including phenoxy) is 1. The van der Waals surface area contributed by atoms with Gasteiger partial charge in [0.2, 0.25) is 5.91 Å². The quantitative estimate of drug-likeness (QED) is 0.177. The summed E-state index contributed by atoms with van der Waals surface area (Å²) in [5.41, 5.74) is -2.20. The summed E-state index contributed by atoms with van der Waals surface area (Å²) >= 11 is 12.6. The smallest absolute Gasteiger partial charge is 0.419 e. The van der Waals surface area contributed by atoms with Gasteiger partial charge in [-0.1, -0.05) is 48.8 Å². The molecule has 3 aromatic carbocycles. The number of nitrogens with one attached hydrogen (secondary N) is 1. The number of benzene rings is 3. The highest BCUT2D eigenvalue weighted by Gasteiger charge is 2.70. The molecule has 4 heterocycles. The van der Waals surface area contributed by atoms with E-state index in [1.165, 1.54) is 12.1 Å². The number of esters is 1. The lowest BCUT2D eigenvalue weighted by molar-refractivity contribution is -0.137. The molecule has 7 nitrogen and oxygen atoms in total. The first-order valence-corrected chi connectivity index (χ1v) is 15.2. The molecule has 0 bridgehead atoms. The number of methoxy groups -OCH3 is 1. The number of hydrogen-bond donors (Lipinski definition) is 1. The normalized spacial score (nSPS) is 24.9. The summed E-state index contributed by atoms with van der Waals surface area (Å²) in [5.74, 6) is -3.26. The highest BCUT2D eigenvalue weighted by molar-refractivity contribution is 6.31. The molecule has 2 fully saturated rings. The van der Waals surface area contributed by atoms with Gasteiger partial charge in [-0.05, 0) is 54.7 Å². The van der Waals surface area contributed by atoms with Crippen LogP contribution in [0.15, 0.2) is 48.5 Å². The van der Waals surface area contributed by atoms with Crippen LogP contribution in [-0.4, -0.2) is 46.0 Å². The molecule has 1 aliphatic carbocycles. The molecule has 1 N–H and O–H groups in total. The molecule has 1 saturated heterocycles. The third-order valence-electron chi connectivity index (χ3n) is 9.84. The van der Waals surface area contributed by atoms with Crippen LogP contribution in [-0.2, 0) is 27.8 Å². The van der Waals surface area contributed by atoms with Gasteiger partial charge in [-0.15, -0.1) is 0 Å². The van der Waals surface area contributed by atoms with Gasteiger partial charge in [-0.3, -0.25) is 9.69 Å². The second kappa shape index (κ2) is 10.4. The maximum absolute atomic E-state index is 16.2. The number of hydrogen-bond acceptors (Lipinski definition) is 5. The number of fused-ring (bicyclic) bond motifs is 7. The number of likely N-dealkylation sites (tertiary alicyclic amines) is 1. The van der Waals surface area contributed by atoms with E-state index in [0.29, 0.717) is 28.7 Å². The van der Waals surface area contributed by atoms with E-state index in [-0.39, 0.29) is 41.8 Å². The van der Waals surface area contributed by atoms with Crippen molar-refractivity contribution in [3.63, 3.8) is 0 Å². The lowest BCUT2D eigenvalue weighted by Gasteiger charge is -2.40. The summed E-state index contributed by atoms with van der Waals surface area (Å²) in [4.78, 5) is 33.6. The maximum atomic E-state index is 16.2. The Morgan fingerprint density at radius 1 is 1.15 bits per heavy atom. The topological polar surface area (TPSA) is 76.5 Å². The fraction of sp³-hybridized carbons (Fsp3) is 0.364. The minimum atomic E-state index is -4.92. The highest BCUT2D eigenvalue weighted by Crippen LogP contribution is 2.65. The van der Waals surface area contributed by atoms with Gasteiger partial charge in [-0.25, -0.2) is 14.2 Å². The minimum absolute atomic E-state index is 0. The lowest BCUT2D eigenvalue weighted by Crippen LogP contribution is -2.53. The van der Waals surface area contributed by atoms with Crippen molar-refractivity contribution in [1.82, 2.24) is 14.5 Å². The fourth-order valence-corrected chi connectivity index (χ4v) is 8.34. The average molecular weight is 676 g/mol. The van der Waals surface area contributed by atoms with Crippen LogP contribution in [0.25, 0.3) is 11.0 Å². The number of halogens is 6. The van der Waals surface area contributed by atoms with Gasteiger partial charge in [0, 0.05) is 47.2 Å². The Morgan fingerprint density at radius 3 is 2.61 bits per heavy atom. The Labute approximate surface area is 271 Å². The number of anilines is 1. The van der Waals surface area contributed by atoms with Crippen LogP contribution < -0.4 is 5.32 Å². The number of carbonyl (C=O) groups excluding carboxylic acids is 2. The van der Waals surface area contributed by atoms with Crippen LogP contribution in [0.2, 0.25) is 10.0 Å². The molecule has 1 saturated carbocycles. The zero-order chi connectivity index (χ0) is 31.6. The summed E-state index contributed by atoms with van der Waals surface area (Å²) in [6.07, 6.45) is -2.99. The Kier molecular flexibility index (Phi) is 7.01. The van der Waals surface area contributed by atoms with Gasteiger partial charge in [-0.2, -0.15) is 13.2 Å². The Morgan fingerprint density at radius 2 is 1.91 bits per heavy atom. The average Bonchev–Trinajstić information content (AvgIpc) is 3.44. The molecule has 0 radical (unpaired) electrons. The van der Waals surface area contributed by atoms with Crippen LogP contribution in [0.1, 0.15) is 65.0 Å². The molecule has 1 aromatic heterocycles. The first-order valence-electron chi connectivity index (χ1n) is 14.5. The summed E-state index contributed by atoms with van der Waals surface area (Å²) in [6.45, 7) is 0.729. The van der Waals surface area contributed by atoms with Crippen molar-refractivity contribution in [2.24, 2.45) is 5.92 Å². The summed E-state index contributed by atoms with van der Waals surface area (Å²) in [7, 11) is 1.01. The molecular formula is C33H28Cl2F4N4O3. The van der Waals surface area contributed by atoms with Gasteiger partial charge < -0.3 is 14.6 Å². The summed E-state index contributed by atoms with van der Waals surface area (Å²) in [5, 5.41) is 3.25. The van der Waals surface area contributed by atoms with E-state index >= 15 is 4.39 Å². The molecule has 1 spiro atoms. The monoisotopic (exact) mass is 674 g/mol. The maximum Gasteiger partial charge on any atom is 0.419 e. The number of aromatic nitrogens is 2. The minimum Gasteiger partial charge on any atom is -0.465 e. The molecule has 8 rings (SSSR count). The number of rotatable bonds is 4. The van der Waals surface area contributed by atoms with E-state index < -0.39 is 58.0 Å². The predicted octanol–water partition coefficient (Wildman–Crippen LogP) is 7.75. The molecule has 13 heteroatoms. The largest absolute Gasteiger partial charge is 0.465 e. The summed E-state index contributed by atoms with van der Waals surface area (Å²) < 4.78 is 66.2. The van der Waals surface area contributed by atoms with E-state index in [0.717, 1.165) is 26.0 Å². The fourth-order valence-electron chi connectivity index (χ4n) is 7.98. The van der Waals surface area contributed by atoms with Crippen LogP contribution in [0.5, 0.6) is 0 Å². The van der Waals surface area contributed by atoms with E-state index in [9.17, 15) is 22.8 Å². The second-order valence-corrected chi connectivity index (χ2v) is 13.0. The lowest BCUT2D eigenvalue weighted by atomic mass is 9.71. The van der Waals surface area contributed by atoms with Gasteiger partial charge in [0.1, 0.15) is 22.7 Å². The zero-order valence-electron chi connectivity index (χ0n) is 23.6. The third kappa shape index (κ3) is 4.10. The molecule has 4 aromatic rings. The number of alkyl halides is 3. The molecular weight excluding hydrogens is 647 g/mol. The SMILES string of the molecule is C.COC(=O)c1ccc2c(nc3n2C[C@H]2[C@@H]3[C@H](c3cccc(Cl)c3F)[C@]3(C(=O)Nc4cc(Cl)ccc43)N2CC2CC2)c1C(F)(F)F. The van der Waals surface area contributed by atoms with Gasteiger partial charge in [0.05, 0.1) is 28.8 Å². The van der Waals surface area contributed by atoms with E-state index in [1.807, 2.05) is 0 Å². The van der Waals surface area contributed by atoms with Crippen molar-refractivity contribution in [3.05, 3.63) is 92.5 Å². The Hall–Kier alpha value is -3.67. The number of imidazole rings is 1. The molecule has 4 atom stereocenters.